The lowest BCUT2D eigenvalue weighted by molar-refractivity contribution is 0.0524. The van der Waals surface area contributed by atoms with Gasteiger partial charge in [-0.15, -0.1) is 0 Å². The second-order valence-electron chi connectivity index (χ2n) is 5.33. The van der Waals surface area contributed by atoms with Crippen LogP contribution in [-0.4, -0.2) is 27.8 Å². The highest BCUT2D eigenvalue weighted by Gasteiger charge is 2.18. The van der Waals surface area contributed by atoms with E-state index in [0.29, 0.717) is 12.2 Å². The number of carbonyl (C=O) groups excluding carboxylic acids is 1. The summed E-state index contributed by atoms with van der Waals surface area (Å²) >= 11 is 1.95. The van der Waals surface area contributed by atoms with E-state index in [4.69, 9.17) is 4.74 Å². The maximum Gasteiger partial charge on any atom is 0.341 e. The fourth-order valence-electron chi connectivity index (χ4n) is 2.58. The van der Waals surface area contributed by atoms with Gasteiger partial charge in [0.05, 0.1) is 23.6 Å². The maximum atomic E-state index is 11.9. The zero-order valence-electron chi connectivity index (χ0n) is 12.9. The topological polar surface area (TPSA) is 52.1 Å². The molecule has 21 heavy (non-hydrogen) atoms. The maximum absolute atomic E-state index is 11.9. The number of esters is 1. The summed E-state index contributed by atoms with van der Waals surface area (Å²) in [5.41, 5.74) is 1.35. The second-order valence-corrected chi connectivity index (χ2v) is 6.62. The summed E-state index contributed by atoms with van der Waals surface area (Å²) in [5.74, 6) is 1.36. The minimum atomic E-state index is -0.309. The Labute approximate surface area is 131 Å². The number of thioether (sulfide) groups is 1. The van der Waals surface area contributed by atoms with Crippen LogP contribution in [0.5, 0.6) is 0 Å². The summed E-state index contributed by atoms with van der Waals surface area (Å²) in [6.45, 7) is 4.28. The normalized spacial score (nSPS) is 15.3. The number of aromatic nitrogens is 2. The van der Waals surface area contributed by atoms with Crippen molar-refractivity contribution in [3.63, 3.8) is 0 Å². The standard InChI is InChI=1S/C16H24N2O2S/c1-3-7-14-13(16(19)20-4-2)10-17-15(18-14)11-21-12-8-5-6-9-12/h10,12H,3-9,11H2,1-2H3. The highest BCUT2D eigenvalue weighted by molar-refractivity contribution is 7.99. The number of ether oxygens (including phenoxy) is 1. The van der Waals surface area contributed by atoms with Gasteiger partial charge in [0.1, 0.15) is 5.82 Å². The lowest BCUT2D eigenvalue weighted by Gasteiger charge is -2.11. The Bertz CT molecular complexity index is 473. The number of rotatable bonds is 7. The lowest BCUT2D eigenvalue weighted by Crippen LogP contribution is -2.12. The number of carbonyl (C=O) groups is 1. The molecule has 1 saturated carbocycles. The van der Waals surface area contributed by atoms with Crippen molar-refractivity contribution >= 4 is 17.7 Å². The number of nitrogens with zero attached hydrogens (tertiary/aromatic N) is 2. The molecule has 0 bridgehead atoms. The van der Waals surface area contributed by atoms with Crippen molar-refractivity contribution in [1.29, 1.82) is 0 Å². The van der Waals surface area contributed by atoms with Crippen LogP contribution in [0.2, 0.25) is 0 Å². The fourth-order valence-corrected chi connectivity index (χ4v) is 3.77. The molecule has 5 heteroatoms. The van der Waals surface area contributed by atoms with Crippen LogP contribution in [0, 0.1) is 0 Å². The van der Waals surface area contributed by atoms with E-state index in [2.05, 4.69) is 16.9 Å². The molecule has 0 unspecified atom stereocenters. The first-order chi connectivity index (χ1) is 10.2. The van der Waals surface area contributed by atoms with E-state index in [1.807, 2.05) is 18.7 Å². The van der Waals surface area contributed by atoms with Gasteiger partial charge in [0.2, 0.25) is 0 Å². The van der Waals surface area contributed by atoms with Gasteiger partial charge in [0, 0.05) is 11.4 Å². The van der Waals surface area contributed by atoms with Gasteiger partial charge in [-0.1, -0.05) is 26.2 Å². The van der Waals surface area contributed by atoms with Crippen LogP contribution in [0.3, 0.4) is 0 Å². The molecule has 1 fully saturated rings. The lowest BCUT2D eigenvalue weighted by atomic mass is 10.1. The minimum absolute atomic E-state index is 0.309. The van der Waals surface area contributed by atoms with E-state index in [1.54, 1.807) is 6.20 Å². The van der Waals surface area contributed by atoms with Crippen LogP contribution in [0.1, 0.15) is 67.8 Å². The Morgan fingerprint density at radius 2 is 2.14 bits per heavy atom. The van der Waals surface area contributed by atoms with Crippen molar-refractivity contribution in [3.8, 4) is 0 Å². The van der Waals surface area contributed by atoms with Crippen LogP contribution >= 0.6 is 11.8 Å². The molecule has 1 aliphatic carbocycles. The number of aryl methyl sites for hydroxylation is 1. The SMILES string of the molecule is CCCc1nc(CSC2CCCC2)ncc1C(=O)OCC. The first-order valence-electron chi connectivity index (χ1n) is 7.88. The van der Waals surface area contributed by atoms with E-state index in [1.165, 1.54) is 25.7 Å². The van der Waals surface area contributed by atoms with Crippen LogP contribution in [0.15, 0.2) is 6.20 Å². The molecule has 0 spiro atoms. The Morgan fingerprint density at radius 1 is 1.38 bits per heavy atom. The molecule has 0 N–H and O–H groups in total. The van der Waals surface area contributed by atoms with Crippen LogP contribution in [0.25, 0.3) is 0 Å². The molecule has 0 radical (unpaired) electrons. The van der Waals surface area contributed by atoms with E-state index in [9.17, 15) is 4.79 Å². The molecule has 0 saturated heterocycles. The Kier molecular flexibility index (Phi) is 6.49. The Morgan fingerprint density at radius 3 is 2.81 bits per heavy atom. The van der Waals surface area contributed by atoms with E-state index in [-0.39, 0.29) is 5.97 Å². The Hall–Kier alpha value is -1.10. The molecule has 2 rings (SSSR count). The van der Waals surface area contributed by atoms with E-state index < -0.39 is 0 Å². The van der Waals surface area contributed by atoms with Gasteiger partial charge in [-0.05, 0) is 26.2 Å². The molecular weight excluding hydrogens is 284 g/mol. The van der Waals surface area contributed by atoms with Crippen molar-refractivity contribution < 1.29 is 9.53 Å². The molecule has 0 amide bonds. The van der Waals surface area contributed by atoms with Crippen LogP contribution < -0.4 is 0 Å². The molecule has 4 nitrogen and oxygen atoms in total. The summed E-state index contributed by atoms with van der Waals surface area (Å²) in [6.07, 6.45) is 8.71. The van der Waals surface area contributed by atoms with Crippen molar-refractivity contribution in [3.05, 3.63) is 23.3 Å². The van der Waals surface area contributed by atoms with E-state index >= 15 is 0 Å². The average molecular weight is 308 g/mol. The van der Waals surface area contributed by atoms with Crippen LogP contribution in [-0.2, 0) is 16.9 Å². The summed E-state index contributed by atoms with van der Waals surface area (Å²) in [5, 5.41) is 0.757. The van der Waals surface area contributed by atoms with Gasteiger partial charge in [0.25, 0.3) is 0 Å². The number of hydrogen-bond donors (Lipinski definition) is 0. The van der Waals surface area contributed by atoms with Gasteiger partial charge in [-0.2, -0.15) is 11.8 Å². The first-order valence-corrected chi connectivity index (χ1v) is 8.93. The third-order valence-corrected chi connectivity index (χ3v) is 5.02. The predicted molar refractivity (Wildman–Crippen MR) is 85.5 cm³/mol. The average Bonchev–Trinajstić information content (AvgIpc) is 2.99. The smallest absolute Gasteiger partial charge is 0.341 e. The highest BCUT2D eigenvalue weighted by Crippen LogP contribution is 2.31. The summed E-state index contributed by atoms with van der Waals surface area (Å²) in [7, 11) is 0. The molecule has 1 aliphatic rings. The van der Waals surface area contributed by atoms with E-state index in [0.717, 1.165) is 35.4 Å². The molecule has 0 aromatic carbocycles. The molecular formula is C16H24N2O2S. The van der Waals surface area contributed by atoms with Crippen molar-refractivity contribution in [1.82, 2.24) is 9.97 Å². The third kappa shape index (κ3) is 4.70. The monoisotopic (exact) mass is 308 g/mol. The quantitative estimate of drug-likeness (QED) is 0.717. The molecule has 116 valence electrons. The Balaban J connectivity index is 2.05. The largest absolute Gasteiger partial charge is 0.462 e. The van der Waals surface area contributed by atoms with Gasteiger partial charge in [-0.3, -0.25) is 0 Å². The highest BCUT2D eigenvalue weighted by atomic mass is 32.2. The summed E-state index contributed by atoms with van der Waals surface area (Å²) in [6, 6.07) is 0. The summed E-state index contributed by atoms with van der Waals surface area (Å²) < 4.78 is 5.07. The van der Waals surface area contributed by atoms with Gasteiger partial charge < -0.3 is 4.74 Å². The van der Waals surface area contributed by atoms with Crippen molar-refractivity contribution in [2.24, 2.45) is 0 Å². The summed E-state index contributed by atoms with van der Waals surface area (Å²) in [4.78, 5) is 20.9. The predicted octanol–water partition coefficient (Wildman–Crippen LogP) is 3.78. The second kappa shape index (κ2) is 8.37. The van der Waals surface area contributed by atoms with Crippen LogP contribution in [0.4, 0.5) is 0 Å². The molecule has 0 aliphatic heterocycles. The van der Waals surface area contributed by atoms with Gasteiger partial charge in [-0.25, -0.2) is 14.8 Å². The van der Waals surface area contributed by atoms with Crippen molar-refractivity contribution in [2.75, 3.05) is 6.61 Å². The molecule has 0 atom stereocenters. The fraction of sp³-hybridized carbons (Fsp3) is 0.688. The zero-order chi connectivity index (χ0) is 15.1. The molecule has 1 aromatic rings. The van der Waals surface area contributed by atoms with Crippen molar-refractivity contribution in [2.45, 2.75) is 63.4 Å². The van der Waals surface area contributed by atoms with Gasteiger partial charge in [0.15, 0.2) is 0 Å². The first kappa shape index (κ1) is 16.3. The molecule has 1 heterocycles. The van der Waals surface area contributed by atoms with Gasteiger partial charge >= 0.3 is 5.97 Å². The third-order valence-electron chi connectivity index (χ3n) is 3.65. The minimum Gasteiger partial charge on any atom is -0.462 e. The molecule has 1 aromatic heterocycles. The number of hydrogen-bond acceptors (Lipinski definition) is 5. The zero-order valence-corrected chi connectivity index (χ0v) is 13.7.